The van der Waals surface area contributed by atoms with Gasteiger partial charge >= 0.3 is 0 Å². The van der Waals surface area contributed by atoms with Gasteiger partial charge in [-0.25, -0.2) is 0 Å². The van der Waals surface area contributed by atoms with Crippen molar-refractivity contribution in [1.29, 1.82) is 0 Å². The summed E-state index contributed by atoms with van der Waals surface area (Å²) < 4.78 is 1.49. The number of rotatable bonds is 3. The second kappa shape index (κ2) is 4.22. The maximum Gasteiger partial charge on any atom is 0.229 e. The Balaban J connectivity index is 2.25. The summed E-state index contributed by atoms with van der Waals surface area (Å²) in [5.74, 6) is 0.201. The molecule has 0 radical (unpaired) electrons. The summed E-state index contributed by atoms with van der Waals surface area (Å²) >= 11 is 0. The minimum atomic E-state index is -0.0808. The Labute approximate surface area is 117 Å². The molecule has 1 heterocycles. The van der Waals surface area contributed by atoms with E-state index in [1.54, 1.807) is 7.05 Å². The van der Waals surface area contributed by atoms with Gasteiger partial charge < -0.3 is 16.3 Å². The Bertz CT molecular complexity index is 572. The summed E-state index contributed by atoms with van der Waals surface area (Å²) in [5, 5.41) is 18.6. The zero-order chi connectivity index (χ0) is 15.3. The van der Waals surface area contributed by atoms with E-state index in [0.29, 0.717) is 11.4 Å². The van der Waals surface area contributed by atoms with Gasteiger partial charge in [0.1, 0.15) is 5.82 Å². The topological polar surface area (TPSA) is 106 Å². The lowest BCUT2D eigenvalue weighted by Crippen LogP contribution is -2.22. The number of nitrogens with one attached hydrogen (secondary N) is 1. The number of aryl methyl sites for hydroxylation is 1. The Morgan fingerprint density at radius 1 is 1.45 bits per heavy atom. The standard InChI is InChI=1S/C13H21N5O2/c1-12(2)8(13(12,3)4)11(19)16-10-7(9(14)17-20)6-15-18(10)5/h6,8,20H,1-5H3,(H2,14,17)(H,16,19). The normalized spacial score (nSPS) is 20.8. The number of amidine groups is 1. The van der Waals surface area contributed by atoms with E-state index in [4.69, 9.17) is 10.9 Å². The molecule has 2 rings (SSSR count). The van der Waals surface area contributed by atoms with Crippen molar-refractivity contribution in [1.82, 2.24) is 9.78 Å². The maximum atomic E-state index is 12.4. The fourth-order valence-electron chi connectivity index (χ4n) is 2.87. The highest BCUT2D eigenvalue weighted by atomic mass is 16.4. The Kier molecular flexibility index (Phi) is 3.03. The van der Waals surface area contributed by atoms with Crippen LogP contribution in [0.2, 0.25) is 0 Å². The Morgan fingerprint density at radius 2 is 2.00 bits per heavy atom. The van der Waals surface area contributed by atoms with Gasteiger partial charge in [-0.15, -0.1) is 0 Å². The van der Waals surface area contributed by atoms with E-state index in [1.807, 2.05) is 0 Å². The van der Waals surface area contributed by atoms with Gasteiger partial charge in [-0.3, -0.25) is 9.48 Å². The van der Waals surface area contributed by atoms with Crippen molar-refractivity contribution in [2.75, 3.05) is 5.32 Å². The molecule has 1 fully saturated rings. The first kappa shape index (κ1) is 14.4. The van der Waals surface area contributed by atoms with Crippen LogP contribution in [0.15, 0.2) is 11.4 Å². The van der Waals surface area contributed by atoms with Crippen molar-refractivity contribution < 1.29 is 10.0 Å². The number of aromatic nitrogens is 2. The summed E-state index contributed by atoms with van der Waals surface area (Å²) in [7, 11) is 1.69. The van der Waals surface area contributed by atoms with E-state index >= 15 is 0 Å². The van der Waals surface area contributed by atoms with Crippen LogP contribution in [0.4, 0.5) is 5.82 Å². The first-order valence-electron chi connectivity index (χ1n) is 6.45. The molecule has 1 aliphatic rings. The minimum absolute atomic E-state index is 0.0492. The van der Waals surface area contributed by atoms with Crippen LogP contribution in [-0.2, 0) is 11.8 Å². The van der Waals surface area contributed by atoms with Gasteiger partial charge in [0.15, 0.2) is 5.84 Å². The molecular formula is C13H21N5O2. The van der Waals surface area contributed by atoms with Crippen LogP contribution < -0.4 is 11.1 Å². The number of nitrogens with two attached hydrogens (primary N) is 1. The third-order valence-electron chi connectivity index (χ3n) is 4.85. The smallest absolute Gasteiger partial charge is 0.229 e. The van der Waals surface area contributed by atoms with E-state index in [0.717, 1.165) is 0 Å². The third kappa shape index (κ3) is 1.85. The van der Waals surface area contributed by atoms with E-state index in [-0.39, 0.29) is 28.5 Å². The summed E-state index contributed by atoms with van der Waals surface area (Å²) in [4.78, 5) is 12.4. The van der Waals surface area contributed by atoms with Crippen molar-refractivity contribution in [2.45, 2.75) is 27.7 Å². The molecule has 0 atom stereocenters. The fraction of sp³-hybridized carbons (Fsp3) is 0.615. The summed E-state index contributed by atoms with van der Waals surface area (Å²) in [6.07, 6.45) is 1.45. The number of nitrogens with zero attached hydrogens (tertiary/aromatic N) is 3. The van der Waals surface area contributed by atoms with Crippen LogP contribution in [-0.4, -0.2) is 26.7 Å². The lowest BCUT2D eigenvalue weighted by atomic mass is 10.0. The van der Waals surface area contributed by atoms with Crippen molar-refractivity contribution >= 4 is 17.6 Å². The molecule has 7 nitrogen and oxygen atoms in total. The largest absolute Gasteiger partial charge is 0.409 e. The quantitative estimate of drug-likeness (QED) is 0.334. The second-order valence-corrected chi connectivity index (χ2v) is 6.38. The van der Waals surface area contributed by atoms with Crippen molar-refractivity contribution in [3.8, 4) is 0 Å². The second-order valence-electron chi connectivity index (χ2n) is 6.38. The Hall–Kier alpha value is -2.05. The van der Waals surface area contributed by atoms with Crippen molar-refractivity contribution in [3.63, 3.8) is 0 Å². The highest BCUT2D eigenvalue weighted by Gasteiger charge is 2.68. The lowest BCUT2D eigenvalue weighted by Gasteiger charge is -2.09. The zero-order valence-electron chi connectivity index (χ0n) is 12.4. The summed E-state index contributed by atoms with van der Waals surface area (Å²) in [6.45, 7) is 8.30. The highest BCUT2D eigenvalue weighted by Crippen LogP contribution is 2.68. The molecule has 7 heteroatoms. The molecule has 0 unspecified atom stereocenters. The predicted octanol–water partition coefficient (Wildman–Crippen LogP) is 1.14. The van der Waals surface area contributed by atoms with Crippen molar-refractivity contribution in [2.24, 2.45) is 34.7 Å². The van der Waals surface area contributed by atoms with Crippen LogP contribution in [0.1, 0.15) is 33.3 Å². The number of carbonyl (C=O) groups is 1. The van der Waals surface area contributed by atoms with E-state index in [1.165, 1.54) is 10.9 Å². The van der Waals surface area contributed by atoms with Gasteiger partial charge in [0.25, 0.3) is 0 Å². The van der Waals surface area contributed by atoms with Crippen LogP contribution in [0.5, 0.6) is 0 Å². The number of hydrogen-bond donors (Lipinski definition) is 3. The Morgan fingerprint density at radius 3 is 2.45 bits per heavy atom. The van der Waals surface area contributed by atoms with E-state index < -0.39 is 0 Å². The average Bonchev–Trinajstić information content (AvgIpc) is 2.62. The number of oxime groups is 1. The molecule has 20 heavy (non-hydrogen) atoms. The molecule has 1 saturated carbocycles. The first-order valence-corrected chi connectivity index (χ1v) is 6.45. The lowest BCUT2D eigenvalue weighted by molar-refractivity contribution is -0.118. The molecule has 0 saturated heterocycles. The molecule has 0 spiro atoms. The molecule has 0 bridgehead atoms. The van der Waals surface area contributed by atoms with Gasteiger partial charge in [0.2, 0.25) is 5.91 Å². The van der Waals surface area contributed by atoms with Crippen molar-refractivity contribution in [3.05, 3.63) is 11.8 Å². The van der Waals surface area contributed by atoms with Crippen LogP contribution in [0.25, 0.3) is 0 Å². The molecule has 1 aliphatic carbocycles. The predicted molar refractivity (Wildman–Crippen MR) is 75.4 cm³/mol. The van der Waals surface area contributed by atoms with Gasteiger partial charge in [-0.2, -0.15) is 5.10 Å². The van der Waals surface area contributed by atoms with Gasteiger partial charge in [-0.1, -0.05) is 32.9 Å². The molecule has 4 N–H and O–H groups in total. The minimum Gasteiger partial charge on any atom is -0.409 e. The molecule has 0 aromatic carbocycles. The highest BCUT2D eigenvalue weighted by molar-refractivity contribution is 6.05. The van der Waals surface area contributed by atoms with Crippen LogP contribution in [0.3, 0.4) is 0 Å². The molecule has 1 aromatic heterocycles. The zero-order valence-corrected chi connectivity index (χ0v) is 12.4. The fourth-order valence-corrected chi connectivity index (χ4v) is 2.87. The van der Waals surface area contributed by atoms with E-state index in [2.05, 4.69) is 43.3 Å². The molecular weight excluding hydrogens is 258 g/mol. The van der Waals surface area contributed by atoms with Gasteiger partial charge in [-0.05, 0) is 10.8 Å². The summed E-state index contributed by atoms with van der Waals surface area (Å²) in [6, 6.07) is 0. The average molecular weight is 279 g/mol. The molecule has 1 amide bonds. The third-order valence-corrected chi connectivity index (χ3v) is 4.85. The maximum absolute atomic E-state index is 12.4. The molecule has 0 aliphatic heterocycles. The first-order chi connectivity index (χ1) is 9.14. The van der Waals surface area contributed by atoms with Crippen LogP contribution in [0, 0.1) is 16.7 Å². The number of amides is 1. The number of anilines is 1. The van der Waals surface area contributed by atoms with E-state index in [9.17, 15) is 4.79 Å². The van der Waals surface area contributed by atoms with Gasteiger partial charge in [0.05, 0.1) is 11.8 Å². The van der Waals surface area contributed by atoms with Crippen LogP contribution >= 0.6 is 0 Å². The van der Waals surface area contributed by atoms with Gasteiger partial charge in [0, 0.05) is 13.0 Å². The molecule has 1 aromatic rings. The number of carbonyl (C=O) groups excluding carboxylic acids is 1. The summed E-state index contributed by atoms with van der Waals surface area (Å²) in [5.41, 5.74) is 5.88. The molecule has 110 valence electrons. The SMILES string of the molecule is Cn1ncc(C(N)=NO)c1NC(=O)C1C(C)(C)C1(C)C. The monoisotopic (exact) mass is 279 g/mol. The number of hydrogen-bond acceptors (Lipinski definition) is 4.